The second-order valence-electron chi connectivity index (χ2n) is 9.05. The molecule has 2 heterocycles. The van der Waals surface area contributed by atoms with Gasteiger partial charge in [0.15, 0.2) is 5.96 Å². The standard InChI is InChI=1S/C23H34N4O3/c1-16(2)15-23(3)21(29)27(22(24)25-23)14-11-17-9-12-26(13-10-17)20(28)18-5-7-19(30-4)8-6-18/h5-8,16-17H,9-15H2,1-4H3,(H2,24,25). The number of guanidine groups is 1. The van der Waals surface area contributed by atoms with E-state index in [1.165, 1.54) is 0 Å². The molecule has 0 saturated carbocycles. The molecule has 164 valence electrons. The predicted molar refractivity (Wildman–Crippen MR) is 117 cm³/mol. The summed E-state index contributed by atoms with van der Waals surface area (Å²) in [5, 5.41) is 0. The minimum atomic E-state index is -0.730. The lowest BCUT2D eigenvalue weighted by molar-refractivity contribution is -0.131. The van der Waals surface area contributed by atoms with Crippen LogP contribution in [0, 0.1) is 11.8 Å². The first-order chi connectivity index (χ1) is 14.2. The summed E-state index contributed by atoms with van der Waals surface area (Å²) in [5.74, 6) is 2.02. The highest BCUT2D eigenvalue weighted by atomic mass is 16.5. The molecule has 0 bridgehead atoms. The van der Waals surface area contributed by atoms with Crippen LogP contribution in [0.15, 0.2) is 29.3 Å². The fraction of sp³-hybridized carbons (Fsp3) is 0.609. The van der Waals surface area contributed by atoms with E-state index in [1.807, 2.05) is 36.1 Å². The molecule has 0 radical (unpaired) electrons. The smallest absolute Gasteiger partial charge is 0.257 e. The van der Waals surface area contributed by atoms with E-state index in [4.69, 9.17) is 10.5 Å². The molecule has 3 rings (SSSR count). The van der Waals surface area contributed by atoms with Crippen LogP contribution in [-0.2, 0) is 4.79 Å². The van der Waals surface area contributed by atoms with Gasteiger partial charge in [-0.05, 0) is 68.7 Å². The van der Waals surface area contributed by atoms with Gasteiger partial charge in [0.2, 0.25) is 0 Å². The van der Waals surface area contributed by atoms with Crippen molar-refractivity contribution in [3.8, 4) is 5.75 Å². The van der Waals surface area contributed by atoms with Crippen molar-refractivity contribution in [1.29, 1.82) is 0 Å². The molecule has 2 N–H and O–H groups in total. The van der Waals surface area contributed by atoms with Gasteiger partial charge in [-0.2, -0.15) is 0 Å². The first kappa shape index (κ1) is 22.1. The Morgan fingerprint density at radius 2 is 1.90 bits per heavy atom. The number of rotatable bonds is 7. The highest BCUT2D eigenvalue weighted by Crippen LogP contribution is 2.30. The predicted octanol–water partition coefficient (Wildman–Crippen LogP) is 2.90. The normalized spacial score (nSPS) is 22.6. The number of hydrogen-bond acceptors (Lipinski definition) is 5. The highest BCUT2D eigenvalue weighted by molar-refractivity contribution is 6.06. The molecule has 0 aliphatic carbocycles. The number of aliphatic imine (C=N–C) groups is 1. The van der Waals surface area contributed by atoms with Crippen LogP contribution in [0.5, 0.6) is 5.75 Å². The zero-order valence-electron chi connectivity index (χ0n) is 18.6. The van der Waals surface area contributed by atoms with Crippen LogP contribution in [0.4, 0.5) is 0 Å². The molecule has 1 saturated heterocycles. The number of piperidine rings is 1. The number of ether oxygens (including phenoxy) is 1. The summed E-state index contributed by atoms with van der Waals surface area (Å²) in [5.41, 5.74) is 6.03. The second-order valence-corrected chi connectivity index (χ2v) is 9.05. The van der Waals surface area contributed by atoms with E-state index in [2.05, 4.69) is 18.8 Å². The van der Waals surface area contributed by atoms with Crippen molar-refractivity contribution in [2.24, 2.45) is 22.6 Å². The Kier molecular flexibility index (Phi) is 6.68. The molecule has 2 amide bonds. The van der Waals surface area contributed by atoms with E-state index < -0.39 is 5.54 Å². The third kappa shape index (κ3) is 4.77. The lowest BCUT2D eigenvalue weighted by Crippen LogP contribution is -2.45. The molecule has 1 unspecified atom stereocenters. The molecule has 0 spiro atoms. The highest BCUT2D eigenvalue weighted by Gasteiger charge is 2.44. The summed E-state index contributed by atoms with van der Waals surface area (Å²) in [4.78, 5) is 33.6. The Morgan fingerprint density at radius 3 is 2.47 bits per heavy atom. The quantitative estimate of drug-likeness (QED) is 0.743. The van der Waals surface area contributed by atoms with Gasteiger partial charge in [0.05, 0.1) is 7.11 Å². The monoisotopic (exact) mass is 414 g/mol. The van der Waals surface area contributed by atoms with E-state index in [9.17, 15) is 9.59 Å². The van der Waals surface area contributed by atoms with Crippen molar-refractivity contribution < 1.29 is 14.3 Å². The molecule has 1 atom stereocenters. The lowest BCUT2D eigenvalue weighted by atomic mass is 9.90. The van der Waals surface area contributed by atoms with Crippen LogP contribution >= 0.6 is 0 Å². The number of methoxy groups -OCH3 is 1. The van der Waals surface area contributed by atoms with Gasteiger partial charge >= 0.3 is 0 Å². The van der Waals surface area contributed by atoms with Crippen molar-refractivity contribution in [2.75, 3.05) is 26.7 Å². The number of benzene rings is 1. The topological polar surface area (TPSA) is 88.2 Å². The van der Waals surface area contributed by atoms with E-state index in [1.54, 1.807) is 12.0 Å². The molecule has 1 aromatic rings. The number of amides is 2. The van der Waals surface area contributed by atoms with Crippen molar-refractivity contribution in [2.45, 2.75) is 52.0 Å². The Morgan fingerprint density at radius 1 is 1.27 bits per heavy atom. The van der Waals surface area contributed by atoms with Crippen LogP contribution in [0.3, 0.4) is 0 Å². The van der Waals surface area contributed by atoms with Gasteiger partial charge in [0, 0.05) is 25.2 Å². The minimum Gasteiger partial charge on any atom is -0.497 e. The van der Waals surface area contributed by atoms with Crippen molar-refractivity contribution >= 4 is 17.8 Å². The fourth-order valence-electron chi connectivity index (χ4n) is 4.55. The first-order valence-electron chi connectivity index (χ1n) is 10.8. The third-order valence-corrected chi connectivity index (χ3v) is 6.15. The summed E-state index contributed by atoms with van der Waals surface area (Å²) in [6, 6.07) is 7.24. The van der Waals surface area contributed by atoms with Crippen LogP contribution < -0.4 is 10.5 Å². The number of nitrogens with zero attached hydrogens (tertiary/aromatic N) is 3. The number of nitrogens with two attached hydrogens (primary N) is 1. The Hall–Kier alpha value is -2.57. The lowest BCUT2D eigenvalue weighted by Gasteiger charge is -2.33. The zero-order valence-corrected chi connectivity index (χ0v) is 18.6. The van der Waals surface area contributed by atoms with E-state index in [-0.39, 0.29) is 11.8 Å². The molecule has 1 aromatic carbocycles. The Balaban J connectivity index is 1.49. The van der Waals surface area contributed by atoms with Gasteiger partial charge in [-0.3, -0.25) is 14.5 Å². The van der Waals surface area contributed by atoms with E-state index >= 15 is 0 Å². The zero-order chi connectivity index (χ0) is 21.9. The largest absolute Gasteiger partial charge is 0.497 e. The maximum absolute atomic E-state index is 12.9. The number of hydrogen-bond donors (Lipinski definition) is 1. The van der Waals surface area contributed by atoms with E-state index in [0.717, 1.165) is 38.1 Å². The van der Waals surface area contributed by atoms with Crippen molar-refractivity contribution in [3.63, 3.8) is 0 Å². The molecule has 1 fully saturated rings. The molecule has 30 heavy (non-hydrogen) atoms. The number of carbonyl (C=O) groups is 2. The van der Waals surface area contributed by atoms with Gasteiger partial charge in [0.25, 0.3) is 11.8 Å². The number of carbonyl (C=O) groups excluding carboxylic acids is 2. The summed E-state index contributed by atoms with van der Waals surface area (Å²) in [7, 11) is 1.61. The second kappa shape index (κ2) is 9.06. The van der Waals surface area contributed by atoms with E-state index in [0.29, 0.717) is 36.3 Å². The molecule has 0 aromatic heterocycles. The van der Waals surface area contributed by atoms with Crippen LogP contribution in [0.2, 0.25) is 0 Å². The first-order valence-corrected chi connectivity index (χ1v) is 10.8. The van der Waals surface area contributed by atoms with Crippen molar-refractivity contribution in [3.05, 3.63) is 29.8 Å². The summed E-state index contributed by atoms with van der Waals surface area (Å²) >= 11 is 0. The van der Waals surface area contributed by atoms with Gasteiger partial charge in [-0.1, -0.05) is 13.8 Å². The molecular weight excluding hydrogens is 380 g/mol. The molecular formula is C23H34N4O3. The van der Waals surface area contributed by atoms with Crippen LogP contribution in [0.25, 0.3) is 0 Å². The number of likely N-dealkylation sites (tertiary alicyclic amines) is 1. The molecule has 7 heteroatoms. The average molecular weight is 415 g/mol. The van der Waals surface area contributed by atoms with Gasteiger partial charge in [-0.25, -0.2) is 4.99 Å². The fourth-order valence-corrected chi connectivity index (χ4v) is 4.55. The Labute approximate surface area is 179 Å². The van der Waals surface area contributed by atoms with Gasteiger partial charge in [0.1, 0.15) is 11.3 Å². The molecule has 2 aliphatic heterocycles. The Bertz CT molecular complexity index is 797. The van der Waals surface area contributed by atoms with Crippen LogP contribution in [0.1, 0.15) is 56.8 Å². The molecule has 2 aliphatic rings. The average Bonchev–Trinajstić information content (AvgIpc) is 2.93. The minimum absolute atomic E-state index is 0.0146. The molecule has 7 nitrogen and oxygen atoms in total. The SMILES string of the molecule is COc1ccc(C(=O)N2CCC(CCN3C(=O)C(C)(CC(C)C)N=C3N)CC2)cc1. The summed E-state index contributed by atoms with van der Waals surface area (Å²) < 4.78 is 5.15. The van der Waals surface area contributed by atoms with Gasteiger partial charge < -0.3 is 15.4 Å². The van der Waals surface area contributed by atoms with Gasteiger partial charge in [-0.15, -0.1) is 0 Å². The summed E-state index contributed by atoms with van der Waals surface area (Å²) in [6.07, 6.45) is 3.45. The third-order valence-electron chi connectivity index (χ3n) is 6.15. The van der Waals surface area contributed by atoms with Crippen LogP contribution in [-0.4, -0.2) is 59.9 Å². The maximum atomic E-state index is 12.9. The maximum Gasteiger partial charge on any atom is 0.257 e. The van der Waals surface area contributed by atoms with Crippen molar-refractivity contribution in [1.82, 2.24) is 9.80 Å². The summed E-state index contributed by atoms with van der Waals surface area (Å²) in [6.45, 7) is 8.13.